The minimum absolute atomic E-state index is 0.0255. The highest BCUT2D eigenvalue weighted by molar-refractivity contribution is 7.98. The van der Waals surface area contributed by atoms with Crippen molar-refractivity contribution in [2.45, 2.75) is 87.8 Å². The van der Waals surface area contributed by atoms with Gasteiger partial charge < -0.3 is 19.8 Å². The molecule has 12 heteroatoms. The quantitative estimate of drug-likeness (QED) is 0.385. The third-order valence-corrected chi connectivity index (χ3v) is 11.0. The predicted octanol–water partition coefficient (Wildman–Crippen LogP) is 4.43. The van der Waals surface area contributed by atoms with E-state index >= 15 is 0 Å². The number of nitrogens with one attached hydrogen (secondary N) is 3. The number of benzene rings is 1. The SMILES string of the molecule is CSc1cc(C)[nH]c(=O)c1CNC(=O)c1cc(Cl)c2c(c1C)OC(C)(C1CCC(NS(=O)(=O)C3CC3)CC1)O2. The fourth-order valence-electron chi connectivity index (χ4n) is 5.49. The van der Waals surface area contributed by atoms with Crippen LogP contribution in [0.2, 0.25) is 5.02 Å². The van der Waals surface area contributed by atoms with E-state index in [2.05, 4.69) is 15.0 Å². The smallest absolute Gasteiger partial charge is 0.254 e. The molecule has 1 amide bonds. The Morgan fingerprint density at radius 3 is 2.44 bits per heavy atom. The summed E-state index contributed by atoms with van der Waals surface area (Å²) in [7, 11) is -3.23. The largest absolute Gasteiger partial charge is 0.448 e. The molecule has 1 unspecified atom stereocenters. The molecule has 1 atom stereocenters. The van der Waals surface area contributed by atoms with Crippen LogP contribution in [0.5, 0.6) is 11.5 Å². The maximum Gasteiger partial charge on any atom is 0.254 e. The van der Waals surface area contributed by atoms with Crippen molar-refractivity contribution in [3.8, 4) is 11.5 Å². The Kier molecular flexibility index (Phi) is 7.73. The van der Waals surface area contributed by atoms with Crippen molar-refractivity contribution in [3.05, 3.63) is 49.9 Å². The molecule has 212 valence electrons. The normalized spacial score (nSPS) is 24.5. The molecule has 2 fully saturated rings. The number of sulfonamides is 1. The highest BCUT2D eigenvalue weighted by Gasteiger charge is 2.48. The van der Waals surface area contributed by atoms with Gasteiger partial charge in [0.25, 0.3) is 17.3 Å². The first-order valence-corrected chi connectivity index (χ1v) is 16.3. The number of amides is 1. The summed E-state index contributed by atoms with van der Waals surface area (Å²) in [4.78, 5) is 29.3. The van der Waals surface area contributed by atoms with Crippen molar-refractivity contribution in [1.29, 1.82) is 0 Å². The first kappa shape index (κ1) is 28.3. The van der Waals surface area contributed by atoms with Crippen LogP contribution in [-0.4, -0.2) is 42.6 Å². The second-order valence-corrected chi connectivity index (χ2v) is 14.1. The second kappa shape index (κ2) is 10.6. The van der Waals surface area contributed by atoms with Crippen molar-refractivity contribution >= 4 is 39.3 Å². The first-order chi connectivity index (χ1) is 18.4. The number of H-pyrrole nitrogens is 1. The Morgan fingerprint density at radius 1 is 1.13 bits per heavy atom. The monoisotopic (exact) mass is 595 g/mol. The molecule has 0 bridgehead atoms. The van der Waals surface area contributed by atoms with Gasteiger partial charge in [0, 0.05) is 52.7 Å². The van der Waals surface area contributed by atoms with Crippen LogP contribution in [0.3, 0.4) is 0 Å². The lowest BCUT2D eigenvalue weighted by molar-refractivity contribution is -0.121. The van der Waals surface area contributed by atoms with E-state index in [1.54, 1.807) is 13.0 Å². The van der Waals surface area contributed by atoms with Gasteiger partial charge in [-0.2, -0.15) is 0 Å². The van der Waals surface area contributed by atoms with E-state index in [-0.39, 0.29) is 40.2 Å². The lowest BCUT2D eigenvalue weighted by Gasteiger charge is -2.37. The van der Waals surface area contributed by atoms with E-state index in [0.717, 1.165) is 36.3 Å². The maximum absolute atomic E-state index is 13.2. The van der Waals surface area contributed by atoms with Crippen LogP contribution in [-0.2, 0) is 16.6 Å². The molecule has 9 nitrogen and oxygen atoms in total. The van der Waals surface area contributed by atoms with E-state index < -0.39 is 15.8 Å². The molecule has 5 rings (SSSR count). The van der Waals surface area contributed by atoms with Gasteiger partial charge in [-0.1, -0.05) is 11.6 Å². The van der Waals surface area contributed by atoms with Crippen molar-refractivity contribution in [2.24, 2.45) is 5.92 Å². The number of aromatic nitrogens is 1. The van der Waals surface area contributed by atoms with Crippen LogP contribution in [0.1, 0.15) is 72.6 Å². The topological polar surface area (TPSA) is 127 Å². The molecular formula is C27H34ClN3O6S2. The molecule has 39 heavy (non-hydrogen) atoms. The molecule has 3 N–H and O–H groups in total. The van der Waals surface area contributed by atoms with Crippen molar-refractivity contribution < 1.29 is 22.7 Å². The van der Waals surface area contributed by atoms with E-state index in [1.807, 2.05) is 26.2 Å². The third-order valence-electron chi connectivity index (χ3n) is 7.93. The molecule has 0 saturated heterocycles. The van der Waals surface area contributed by atoms with Gasteiger partial charge in [-0.15, -0.1) is 11.8 Å². The fraction of sp³-hybridized carbons (Fsp3) is 0.556. The second-order valence-electron chi connectivity index (χ2n) is 10.8. The number of ether oxygens (including phenoxy) is 2. The number of fused-ring (bicyclic) bond motifs is 1. The summed E-state index contributed by atoms with van der Waals surface area (Å²) in [6.07, 6.45) is 6.23. The molecule has 1 aromatic carbocycles. The average Bonchev–Trinajstić information content (AvgIpc) is 3.68. The van der Waals surface area contributed by atoms with Gasteiger partial charge in [0.15, 0.2) is 11.5 Å². The van der Waals surface area contributed by atoms with Gasteiger partial charge in [-0.3, -0.25) is 9.59 Å². The maximum atomic E-state index is 13.2. The van der Waals surface area contributed by atoms with Crippen molar-refractivity contribution in [3.63, 3.8) is 0 Å². The molecule has 2 aromatic rings. The number of carbonyl (C=O) groups excluding carboxylic acids is 1. The summed E-state index contributed by atoms with van der Waals surface area (Å²) in [5.74, 6) is -0.481. The van der Waals surface area contributed by atoms with Gasteiger partial charge in [0.2, 0.25) is 10.0 Å². The molecule has 1 aliphatic heterocycles. The number of hydrogen-bond donors (Lipinski definition) is 3. The molecule has 3 aliphatic rings. The minimum Gasteiger partial charge on any atom is -0.448 e. The standard InChI is InChI=1S/C27H34ClN3O6S2/c1-14-11-22(38-4)20(26(33)30-14)13-29-25(32)19-12-21(28)24-23(15(19)2)36-27(3,37-24)16-5-7-17(8-6-16)31-39(34,35)18-9-10-18/h11-12,16-18,31H,5-10,13H2,1-4H3,(H,29,32)(H,30,33). The Balaban J connectivity index is 1.27. The summed E-state index contributed by atoms with van der Waals surface area (Å²) in [5, 5.41) is 2.89. The van der Waals surface area contributed by atoms with Crippen LogP contribution in [0, 0.1) is 19.8 Å². The fourth-order valence-corrected chi connectivity index (χ4v) is 8.08. The summed E-state index contributed by atoms with van der Waals surface area (Å²) in [6, 6.07) is 3.37. The Morgan fingerprint density at radius 2 is 1.79 bits per heavy atom. The number of aryl methyl sites for hydroxylation is 1. The molecule has 2 aliphatic carbocycles. The Bertz CT molecular complexity index is 1460. The van der Waals surface area contributed by atoms with Crippen LogP contribution >= 0.6 is 23.4 Å². The lowest BCUT2D eigenvalue weighted by atomic mass is 9.81. The number of aromatic amines is 1. The number of rotatable bonds is 8. The molecular weight excluding hydrogens is 562 g/mol. The van der Waals surface area contributed by atoms with E-state index in [4.69, 9.17) is 21.1 Å². The molecule has 1 aromatic heterocycles. The van der Waals surface area contributed by atoms with Crippen LogP contribution in [0.4, 0.5) is 0 Å². The number of pyridine rings is 1. The van der Waals surface area contributed by atoms with Crippen molar-refractivity contribution in [1.82, 2.24) is 15.0 Å². The van der Waals surface area contributed by atoms with Crippen LogP contribution in [0.25, 0.3) is 0 Å². The highest BCUT2D eigenvalue weighted by Crippen LogP contribution is 2.51. The van der Waals surface area contributed by atoms with Gasteiger partial charge in [0.1, 0.15) is 0 Å². The summed E-state index contributed by atoms with van der Waals surface area (Å²) in [6.45, 7) is 5.54. The zero-order valence-electron chi connectivity index (χ0n) is 22.5. The summed E-state index contributed by atoms with van der Waals surface area (Å²) < 4.78 is 40.2. The average molecular weight is 596 g/mol. The number of thioether (sulfide) groups is 1. The summed E-state index contributed by atoms with van der Waals surface area (Å²) in [5.41, 5.74) is 1.97. The first-order valence-electron chi connectivity index (χ1n) is 13.2. The third kappa shape index (κ3) is 5.68. The molecule has 2 heterocycles. The molecule has 0 radical (unpaired) electrons. The van der Waals surface area contributed by atoms with E-state index in [0.29, 0.717) is 41.0 Å². The van der Waals surface area contributed by atoms with Crippen molar-refractivity contribution in [2.75, 3.05) is 6.26 Å². The number of hydrogen-bond acceptors (Lipinski definition) is 7. The minimum atomic E-state index is -3.23. The zero-order chi connectivity index (χ0) is 28.1. The van der Waals surface area contributed by atoms with Gasteiger partial charge >= 0.3 is 0 Å². The number of carbonyl (C=O) groups is 1. The zero-order valence-corrected chi connectivity index (χ0v) is 24.9. The number of halogens is 1. The predicted molar refractivity (Wildman–Crippen MR) is 151 cm³/mol. The van der Waals surface area contributed by atoms with Gasteiger partial charge in [-0.05, 0) is 70.8 Å². The van der Waals surface area contributed by atoms with Gasteiger partial charge in [-0.25, -0.2) is 13.1 Å². The highest BCUT2D eigenvalue weighted by atomic mass is 35.5. The molecule has 2 saturated carbocycles. The van der Waals surface area contributed by atoms with E-state index in [1.165, 1.54) is 11.8 Å². The lowest BCUT2D eigenvalue weighted by Crippen LogP contribution is -2.47. The summed E-state index contributed by atoms with van der Waals surface area (Å²) >= 11 is 8.03. The Hall–Kier alpha value is -2.21. The van der Waals surface area contributed by atoms with E-state index in [9.17, 15) is 18.0 Å². The Labute approximate surface area is 237 Å². The van der Waals surface area contributed by atoms with Crippen LogP contribution < -0.4 is 25.1 Å². The molecule has 0 spiro atoms. The van der Waals surface area contributed by atoms with Crippen LogP contribution in [0.15, 0.2) is 21.8 Å². The van der Waals surface area contributed by atoms with Gasteiger partial charge in [0.05, 0.1) is 10.3 Å².